The minimum atomic E-state index is -4.42. The third-order valence-corrected chi connectivity index (χ3v) is 6.96. The van der Waals surface area contributed by atoms with Crippen LogP contribution in [0.1, 0.15) is 54.8 Å². The number of alkyl halides is 3. The number of benzene rings is 2. The number of fused-ring (bicyclic) bond motifs is 1. The lowest BCUT2D eigenvalue weighted by Crippen LogP contribution is -2.40. The number of nitrogens with zero attached hydrogens (tertiary/aromatic N) is 3. The molecule has 0 unspecified atom stereocenters. The van der Waals surface area contributed by atoms with Crippen molar-refractivity contribution >= 4 is 28.5 Å². The molecule has 34 heavy (non-hydrogen) atoms. The third kappa shape index (κ3) is 4.66. The molecule has 0 saturated carbocycles. The Balaban J connectivity index is 1.37. The zero-order valence-electron chi connectivity index (χ0n) is 18.5. The Morgan fingerprint density at radius 3 is 2.47 bits per heavy atom. The van der Waals surface area contributed by atoms with Gasteiger partial charge in [-0.25, -0.2) is 4.98 Å². The second kappa shape index (κ2) is 9.23. The van der Waals surface area contributed by atoms with E-state index in [-0.39, 0.29) is 18.1 Å². The highest BCUT2D eigenvalue weighted by Gasteiger charge is 2.34. The molecule has 0 bridgehead atoms. The second-order valence-electron chi connectivity index (χ2n) is 8.96. The summed E-state index contributed by atoms with van der Waals surface area (Å²) in [5, 5.41) is 0.633. The normalized spacial score (nSPS) is 19.8. The van der Waals surface area contributed by atoms with Gasteiger partial charge in [0.05, 0.1) is 23.0 Å². The van der Waals surface area contributed by atoms with E-state index < -0.39 is 11.7 Å². The summed E-state index contributed by atoms with van der Waals surface area (Å²) in [5.41, 5.74) is 1.23. The maximum Gasteiger partial charge on any atom is 0.416 e. The molecule has 0 aliphatic carbocycles. The molecule has 1 atom stereocenters. The van der Waals surface area contributed by atoms with Crippen molar-refractivity contribution in [2.24, 2.45) is 0 Å². The highest BCUT2D eigenvalue weighted by Crippen LogP contribution is 2.38. The van der Waals surface area contributed by atoms with Crippen LogP contribution in [0.5, 0.6) is 0 Å². The Morgan fingerprint density at radius 2 is 1.82 bits per heavy atom. The standard InChI is InChI=1S/C25H25ClF3N3O2/c26-18-6-3-16(4-7-18)14-23(33)31-11-9-19(10-12-31)32-21-8-5-17(25(27,28)29)15-20(21)30-24(32)22-2-1-13-34-22/h3-8,15,19,22H,1-2,9-14H2/t22-/m0/s1. The Bertz CT molecular complexity index is 1180. The molecule has 2 aliphatic rings. The van der Waals surface area contributed by atoms with E-state index in [0.717, 1.165) is 30.5 Å². The lowest BCUT2D eigenvalue weighted by atomic mass is 10.0. The number of halogens is 4. The SMILES string of the molecule is O=C(Cc1ccc(Cl)cc1)N1CCC(n2c([C@@H]3CCCO3)nc3cc(C(F)(F)F)ccc32)CC1. The van der Waals surface area contributed by atoms with Crippen LogP contribution in [0.25, 0.3) is 11.0 Å². The van der Waals surface area contributed by atoms with Crippen LogP contribution in [-0.4, -0.2) is 40.1 Å². The molecule has 2 saturated heterocycles. The van der Waals surface area contributed by atoms with Crippen LogP contribution in [0.4, 0.5) is 13.2 Å². The van der Waals surface area contributed by atoms with Crippen LogP contribution < -0.4 is 0 Å². The molecule has 1 aromatic heterocycles. The van der Waals surface area contributed by atoms with Gasteiger partial charge < -0.3 is 14.2 Å². The minimum Gasteiger partial charge on any atom is -0.370 e. The second-order valence-corrected chi connectivity index (χ2v) is 9.39. The summed E-state index contributed by atoms with van der Waals surface area (Å²) in [6, 6.07) is 11.1. The van der Waals surface area contributed by atoms with E-state index in [1.165, 1.54) is 6.07 Å². The predicted octanol–water partition coefficient (Wildman–Crippen LogP) is 5.97. The summed E-state index contributed by atoms with van der Waals surface area (Å²) in [7, 11) is 0. The van der Waals surface area contributed by atoms with Gasteiger partial charge in [0.15, 0.2) is 0 Å². The van der Waals surface area contributed by atoms with Crippen LogP contribution >= 0.6 is 11.6 Å². The van der Waals surface area contributed by atoms with Gasteiger partial charge in [-0.1, -0.05) is 23.7 Å². The number of piperidine rings is 1. The number of rotatable bonds is 4. The summed E-state index contributed by atoms with van der Waals surface area (Å²) in [6.07, 6.45) is -1.20. The number of hydrogen-bond donors (Lipinski definition) is 0. The van der Waals surface area contributed by atoms with Crippen molar-refractivity contribution in [2.75, 3.05) is 19.7 Å². The maximum absolute atomic E-state index is 13.3. The fourth-order valence-corrected chi connectivity index (χ4v) is 5.07. The largest absolute Gasteiger partial charge is 0.416 e. The predicted molar refractivity (Wildman–Crippen MR) is 123 cm³/mol. The molecule has 2 fully saturated rings. The molecule has 3 aromatic rings. The molecule has 5 nitrogen and oxygen atoms in total. The number of carbonyl (C=O) groups is 1. The molecule has 0 N–H and O–H groups in total. The van der Waals surface area contributed by atoms with E-state index >= 15 is 0 Å². The quantitative estimate of drug-likeness (QED) is 0.452. The smallest absolute Gasteiger partial charge is 0.370 e. The van der Waals surface area contributed by atoms with Crippen LogP contribution in [0, 0.1) is 0 Å². The maximum atomic E-state index is 13.3. The monoisotopic (exact) mass is 491 g/mol. The number of amides is 1. The number of carbonyl (C=O) groups excluding carboxylic acids is 1. The zero-order valence-corrected chi connectivity index (χ0v) is 19.3. The first-order valence-corrected chi connectivity index (χ1v) is 11.9. The molecular formula is C25H25ClF3N3O2. The number of ether oxygens (including phenoxy) is 1. The lowest BCUT2D eigenvalue weighted by molar-refractivity contribution is -0.137. The molecule has 9 heteroatoms. The fourth-order valence-electron chi connectivity index (χ4n) is 4.95. The van der Waals surface area contributed by atoms with Crippen LogP contribution in [0.15, 0.2) is 42.5 Å². The first-order chi connectivity index (χ1) is 16.3. The number of aromatic nitrogens is 2. The average molecular weight is 492 g/mol. The van der Waals surface area contributed by atoms with Gasteiger partial charge in [-0.15, -0.1) is 0 Å². The minimum absolute atomic E-state index is 0.0421. The van der Waals surface area contributed by atoms with E-state index in [9.17, 15) is 18.0 Å². The van der Waals surface area contributed by atoms with Gasteiger partial charge >= 0.3 is 6.18 Å². The number of likely N-dealkylation sites (tertiary alicyclic amines) is 1. The van der Waals surface area contributed by atoms with Crippen molar-refractivity contribution in [1.29, 1.82) is 0 Å². The third-order valence-electron chi connectivity index (χ3n) is 6.71. The van der Waals surface area contributed by atoms with Crippen LogP contribution in [0.3, 0.4) is 0 Å². The molecule has 1 amide bonds. The van der Waals surface area contributed by atoms with Crippen LogP contribution in [0.2, 0.25) is 5.02 Å². The van der Waals surface area contributed by atoms with Gasteiger partial charge in [-0.3, -0.25) is 4.79 Å². The Hall–Kier alpha value is -2.58. The van der Waals surface area contributed by atoms with Crippen molar-refractivity contribution in [1.82, 2.24) is 14.5 Å². The van der Waals surface area contributed by atoms with Gasteiger partial charge in [0, 0.05) is 30.8 Å². The van der Waals surface area contributed by atoms with Crippen LogP contribution in [-0.2, 0) is 22.1 Å². The number of imidazole rings is 1. The van der Waals surface area contributed by atoms with Gasteiger partial charge in [0.1, 0.15) is 11.9 Å². The van der Waals surface area contributed by atoms with E-state index in [4.69, 9.17) is 16.3 Å². The Morgan fingerprint density at radius 1 is 1.09 bits per heavy atom. The first-order valence-electron chi connectivity index (χ1n) is 11.5. The first kappa shape index (κ1) is 23.2. The number of hydrogen-bond acceptors (Lipinski definition) is 3. The summed E-state index contributed by atoms with van der Waals surface area (Å²) >= 11 is 5.93. The van der Waals surface area contributed by atoms with E-state index in [1.807, 2.05) is 17.0 Å². The summed E-state index contributed by atoms with van der Waals surface area (Å²) in [6.45, 7) is 1.80. The van der Waals surface area contributed by atoms with Crippen molar-refractivity contribution < 1.29 is 22.7 Å². The van der Waals surface area contributed by atoms with Gasteiger partial charge in [0.2, 0.25) is 5.91 Å². The molecule has 2 aliphatic heterocycles. The zero-order chi connectivity index (χ0) is 23.9. The van der Waals surface area contributed by atoms with E-state index in [0.29, 0.717) is 60.8 Å². The lowest BCUT2D eigenvalue weighted by Gasteiger charge is -2.34. The molecule has 3 heterocycles. The fraction of sp³-hybridized carbons (Fsp3) is 0.440. The van der Waals surface area contributed by atoms with Crippen molar-refractivity contribution in [3.63, 3.8) is 0 Å². The van der Waals surface area contributed by atoms with Crippen molar-refractivity contribution in [3.05, 3.63) is 64.4 Å². The molecular weight excluding hydrogens is 467 g/mol. The average Bonchev–Trinajstić information content (AvgIpc) is 3.47. The van der Waals surface area contributed by atoms with Crippen molar-refractivity contribution in [3.8, 4) is 0 Å². The molecule has 0 radical (unpaired) electrons. The Labute approximate surface area is 200 Å². The molecule has 180 valence electrons. The molecule has 2 aromatic carbocycles. The van der Waals surface area contributed by atoms with E-state index in [2.05, 4.69) is 9.55 Å². The summed E-state index contributed by atoms with van der Waals surface area (Å²) in [5.74, 6) is 0.753. The molecule has 0 spiro atoms. The van der Waals surface area contributed by atoms with Gasteiger partial charge in [-0.2, -0.15) is 13.2 Å². The van der Waals surface area contributed by atoms with E-state index in [1.54, 1.807) is 12.1 Å². The molecule has 5 rings (SSSR count). The van der Waals surface area contributed by atoms with Crippen molar-refractivity contribution in [2.45, 2.75) is 50.4 Å². The topological polar surface area (TPSA) is 47.4 Å². The highest BCUT2D eigenvalue weighted by molar-refractivity contribution is 6.30. The summed E-state index contributed by atoms with van der Waals surface area (Å²) in [4.78, 5) is 19.3. The summed E-state index contributed by atoms with van der Waals surface area (Å²) < 4.78 is 47.7. The van der Waals surface area contributed by atoms with Gasteiger partial charge in [-0.05, 0) is 61.6 Å². The van der Waals surface area contributed by atoms with Gasteiger partial charge in [0.25, 0.3) is 0 Å². The Kier molecular flexibility index (Phi) is 6.29. The highest BCUT2D eigenvalue weighted by atomic mass is 35.5.